The molecule has 2 amide bonds. The van der Waals surface area contributed by atoms with Crippen molar-refractivity contribution >= 4 is 17.5 Å². The van der Waals surface area contributed by atoms with Crippen molar-refractivity contribution in [2.45, 2.75) is 25.3 Å². The van der Waals surface area contributed by atoms with Gasteiger partial charge >= 0.3 is 0 Å². The van der Waals surface area contributed by atoms with E-state index in [1.807, 2.05) is 30.3 Å². The number of nitrogens with one attached hydrogen (secondary N) is 2. The number of anilines is 1. The fourth-order valence-electron chi connectivity index (χ4n) is 2.71. The van der Waals surface area contributed by atoms with Gasteiger partial charge in [0.15, 0.2) is 0 Å². The van der Waals surface area contributed by atoms with Gasteiger partial charge in [0.05, 0.1) is 12.1 Å². The molecular formula is C21H19N3O3. The monoisotopic (exact) mass is 361 g/mol. The molecule has 0 atom stereocenters. The van der Waals surface area contributed by atoms with Crippen molar-refractivity contribution in [2.24, 2.45) is 0 Å². The first-order chi connectivity index (χ1) is 13.2. The van der Waals surface area contributed by atoms with Gasteiger partial charge < -0.3 is 15.1 Å². The Hall–Kier alpha value is -3.41. The van der Waals surface area contributed by atoms with Crippen molar-refractivity contribution in [1.82, 2.24) is 10.3 Å². The SMILES string of the molecule is O=C(Cc1coc(-c2ccccc2)n1)Nc1cccc(C(=O)NC2CC2)c1. The molecule has 1 saturated carbocycles. The van der Waals surface area contributed by atoms with Crippen molar-refractivity contribution < 1.29 is 14.0 Å². The summed E-state index contributed by atoms with van der Waals surface area (Å²) in [6.45, 7) is 0. The quantitative estimate of drug-likeness (QED) is 0.705. The first-order valence-electron chi connectivity index (χ1n) is 8.88. The fraction of sp³-hybridized carbons (Fsp3) is 0.190. The van der Waals surface area contributed by atoms with Crippen LogP contribution in [0.15, 0.2) is 65.3 Å². The van der Waals surface area contributed by atoms with E-state index in [4.69, 9.17) is 4.42 Å². The Balaban J connectivity index is 1.38. The number of nitrogens with zero attached hydrogens (tertiary/aromatic N) is 1. The van der Waals surface area contributed by atoms with Gasteiger partial charge in [0, 0.05) is 22.9 Å². The van der Waals surface area contributed by atoms with Crippen LogP contribution in [-0.2, 0) is 11.2 Å². The highest BCUT2D eigenvalue weighted by atomic mass is 16.3. The summed E-state index contributed by atoms with van der Waals surface area (Å²) >= 11 is 0. The standard InChI is InChI=1S/C21H19N3O3/c25-19(12-18-13-27-21(24-18)14-5-2-1-3-6-14)22-17-8-4-7-15(11-17)20(26)23-16-9-10-16/h1-8,11,13,16H,9-10,12H2,(H,22,25)(H,23,26). The van der Waals surface area contributed by atoms with Crippen LogP contribution >= 0.6 is 0 Å². The predicted molar refractivity (Wildman–Crippen MR) is 101 cm³/mol. The third-order valence-electron chi connectivity index (χ3n) is 4.24. The highest BCUT2D eigenvalue weighted by molar-refractivity contribution is 5.97. The molecule has 1 aliphatic carbocycles. The zero-order valence-corrected chi connectivity index (χ0v) is 14.6. The zero-order valence-electron chi connectivity index (χ0n) is 14.6. The molecule has 0 saturated heterocycles. The topological polar surface area (TPSA) is 84.2 Å². The zero-order chi connectivity index (χ0) is 18.6. The maximum Gasteiger partial charge on any atom is 0.251 e. The Morgan fingerprint density at radius 2 is 1.89 bits per heavy atom. The van der Waals surface area contributed by atoms with Crippen LogP contribution in [-0.4, -0.2) is 22.8 Å². The van der Waals surface area contributed by atoms with Crippen LogP contribution < -0.4 is 10.6 Å². The van der Waals surface area contributed by atoms with Crippen molar-refractivity contribution in [1.29, 1.82) is 0 Å². The van der Waals surface area contributed by atoms with Crippen LogP contribution in [0.2, 0.25) is 0 Å². The molecule has 3 aromatic rings. The van der Waals surface area contributed by atoms with Crippen molar-refractivity contribution in [3.63, 3.8) is 0 Å². The molecule has 0 radical (unpaired) electrons. The molecule has 1 aromatic heterocycles. The lowest BCUT2D eigenvalue weighted by Crippen LogP contribution is -2.25. The number of aromatic nitrogens is 1. The number of oxazole rings is 1. The molecule has 136 valence electrons. The number of benzene rings is 2. The second-order valence-electron chi connectivity index (χ2n) is 6.56. The smallest absolute Gasteiger partial charge is 0.251 e. The fourth-order valence-corrected chi connectivity index (χ4v) is 2.71. The third-order valence-corrected chi connectivity index (χ3v) is 4.24. The molecule has 1 aliphatic rings. The first kappa shape index (κ1) is 17.0. The molecular weight excluding hydrogens is 342 g/mol. The average Bonchev–Trinajstić information content (AvgIpc) is 3.37. The van der Waals surface area contributed by atoms with Crippen molar-refractivity contribution in [3.05, 3.63) is 72.1 Å². The van der Waals surface area contributed by atoms with E-state index in [1.165, 1.54) is 6.26 Å². The van der Waals surface area contributed by atoms with Gasteiger partial charge in [-0.2, -0.15) is 0 Å². The summed E-state index contributed by atoms with van der Waals surface area (Å²) in [7, 11) is 0. The minimum Gasteiger partial charge on any atom is -0.444 e. The molecule has 4 rings (SSSR count). The summed E-state index contributed by atoms with van der Waals surface area (Å²) in [4.78, 5) is 28.8. The Bertz CT molecular complexity index is 962. The van der Waals surface area contributed by atoms with Crippen LogP contribution in [0.5, 0.6) is 0 Å². The van der Waals surface area contributed by atoms with Gasteiger partial charge in [0.25, 0.3) is 5.91 Å². The Labute approximate surface area is 156 Å². The summed E-state index contributed by atoms with van der Waals surface area (Å²) in [6.07, 6.45) is 3.64. The van der Waals surface area contributed by atoms with E-state index in [0.717, 1.165) is 18.4 Å². The molecule has 6 nitrogen and oxygen atoms in total. The minimum atomic E-state index is -0.220. The predicted octanol–water partition coefficient (Wildman–Crippen LogP) is 3.42. The second kappa shape index (κ2) is 7.45. The highest BCUT2D eigenvalue weighted by Gasteiger charge is 2.23. The number of amides is 2. The number of rotatable bonds is 6. The summed E-state index contributed by atoms with van der Waals surface area (Å²) < 4.78 is 5.45. The summed E-state index contributed by atoms with van der Waals surface area (Å²) in [5, 5.41) is 5.74. The lowest BCUT2D eigenvalue weighted by Gasteiger charge is -2.07. The maximum absolute atomic E-state index is 12.3. The third kappa shape index (κ3) is 4.41. The van der Waals surface area contributed by atoms with Crippen molar-refractivity contribution in [2.75, 3.05) is 5.32 Å². The summed E-state index contributed by atoms with van der Waals surface area (Å²) in [5.74, 6) is 0.150. The molecule has 27 heavy (non-hydrogen) atoms. The van der Waals surface area contributed by atoms with Gasteiger partial charge in [0.1, 0.15) is 6.26 Å². The second-order valence-corrected chi connectivity index (χ2v) is 6.56. The number of hydrogen-bond acceptors (Lipinski definition) is 4. The largest absolute Gasteiger partial charge is 0.444 e. The van der Waals surface area contributed by atoms with Gasteiger partial charge in [-0.3, -0.25) is 9.59 Å². The lowest BCUT2D eigenvalue weighted by atomic mass is 10.2. The number of carbonyl (C=O) groups excluding carboxylic acids is 2. The van der Waals surface area contributed by atoms with Gasteiger partial charge in [0.2, 0.25) is 11.8 Å². The molecule has 1 heterocycles. The molecule has 2 aromatic carbocycles. The Morgan fingerprint density at radius 3 is 2.67 bits per heavy atom. The van der Waals surface area contributed by atoms with Crippen LogP contribution in [0.25, 0.3) is 11.5 Å². The van der Waals surface area contributed by atoms with Gasteiger partial charge in [-0.05, 0) is 43.2 Å². The van der Waals surface area contributed by atoms with E-state index in [2.05, 4.69) is 15.6 Å². The molecule has 1 fully saturated rings. The van der Waals surface area contributed by atoms with Crippen molar-refractivity contribution in [3.8, 4) is 11.5 Å². The molecule has 0 unspecified atom stereocenters. The Morgan fingerprint density at radius 1 is 1.07 bits per heavy atom. The van der Waals surface area contributed by atoms with Crippen LogP contribution in [0.3, 0.4) is 0 Å². The van der Waals surface area contributed by atoms with Crippen LogP contribution in [0.1, 0.15) is 28.9 Å². The molecule has 0 bridgehead atoms. The van der Waals surface area contributed by atoms with E-state index < -0.39 is 0 Å². The van der Waals surface area contributed by atoms with Gasteiger partial charge in [-0.15, -0.1) is 0 Å². The number of carbonyl (C=O) groups is 2. The maximum atomic E-state index is 12.3. The van der Waals surface area contributed by atoms with Crippen LogP contribution in [0.4, 0.5) is 5.69 Å². The number of hydrogen-bond donors (Lipinski definition) is 2. The highest BCUT2D eigenvalue weighted by Crippen LogP contribution is 2.20. The average molecular weight is 361 g/mol. The van der Waals surface area contributed by atoms with E-state index in [1.54, 1.807) is 24.3 Å². The molecule has 2 N–H and O–H groups in total. The summed E-state index contributed by atoms with van der Waals surface area (Å²) in [6, 6.07) is 16.7. The first-order valence-corrected chi connectivity index (χ1v) is 8.88. The Kier molecular flexibility index (Phi) is 4.70. The van der Waals surface area contributed by atoms with Gasteiger partial charge in [-0.1, -0.05) is 24.3 Å². The molecule has 0 spiro atoms. The summed E-state index contributed by atoms with van der Waals surface area (Å²) in [5.41, 5.74) is 2.52. The van der Waals surface area contributed by atoms with E-state index >= 15 is 0 Å². The van der Waals surface area contributed by atoms with E-state index in [-0.39, 0.29) is 18.2 Å². The normalized spacial score (nSPS) is 13.2. The minimum absolute atomic E-state index is 0.0921. The molecule has 0 aliphatic heterocycles. The van der Waals surface area contributed by atoms with Gasteiger partial charge in [-0.25, -0.2) is 4.98 Å². The lowest BCUT2D eigenvalue weighted by molar-refractivity contribution is -0.115. The molecule has 6 heteroatoms. The van der Waals surface area contributed by atoms with Crippen LogP contribution in [0, 0.1) is 0 Å². The van der Waals surface area contributed by atoms with E-state index in [0.29, 0.717) is 28.9 Å². The van der Waals surface area contributed by atoms with E-state index in [9.17, 15) is 9.59 Å².